The molecule has 1 fully saturated rings. The van der Waals surface area contributed by atoms with Gasteiger partial charge in [0.25, 0.3) is 0 Å². The molecular weight excluding hydrogens is 574 g/mol. The molecule has 5 rings (SSSR count). The van der Waals surface area contributed by atoms with Crippen LogP contribution in [-0.2, 0) is 22.6 Å². The zero-order chi connectivity index (χ0) is 30.8. The lowest BCUT2D eigenvalue weighted by atomic mass is 10.0. The van der Waals surface area contributed by atoms with Crippen LogP contribution in [0.3, 0.4) is 0 Å². The van der Waals surface area contributed by atoms with Crippen LogP contribution in [0.4, 0.5) is 16.6 Å². The normalized spacial score (nSPS) is 15.7. The largest absolute Gasteiger partial charge is 0.491 e. The summed E-state index contributed by atoms with van der Waals surface area (Å²) >= 11 is 6.65. The summed E-state index contributed by atoms with van der Waals surface area (Å²) in [5.74, 6) is 1.40. The number of nitrogens with zero attached hydrogens (tertiary/aromatic N) is 6. The van der Waals surface area contributed by atoms with E-state index >= 15 is 0 Å². The molecule has 4 heterocycles. The number of hydrogen-bond acceptors (Lipinski definition) is 11. The van der Waals surface area contributed by atoms with Crippen molar-refractivity contribution in [1.82, 2.24) is 19.9 Å². The Morgan fingerprint density at radius 1 is 1.23 bits per heavy atom. The van der Waals surface area contributed by atoms with E-state index in [2.05, 4.69) is 9.97 Å². The van der Waals surface area contributed by atoms with Gasteiger partial charge in [-0.15, -0.1) is 0 Å². The van der Waals surface area contributed by atoms with Gasteiger partial charge in [0.05, 0.1) is 41.2 Å². The monoisotopic (exact) mass is 607 g/mol. The minimum absolute atomic E-state index is 0.133. The van der Waals surface area contributed by atoms with Crippen molar-refractivity contribution in [3.63, 3.8) is 0 Å². The van der Waals surface area contributed by atoms with Gasteiger partial charge in [0, 0.05) is 35.1 Å². The van der Waals surface area contributed by atoms with E-state index in [4.69, 9.17) is 36.8 Å². The van der Waals surface area contributed by atoms with Crippen molar-refractivity contribution in [3.05, 3.63) is 57.6 Å². The van der Waals surface area contributed by atoms with Gasteiger partial charge in [-0.3, -0.25) is 4.79 Å². The van der Waals surface area contributed by atoms with E-state index in [0.717, 1.165) is 17.7 Å². The first kappa shape index (κ1) is 30.2. The van der Waals surface area contributed by atoms with E-state index in [1.807, 2.05) is 18.7 Å². The third-order valence-electron chi connectivity index (χ3n) is 7.29. The van der Waals surface area contributed by atoms with Gasteiger partial charge in [-0.1, -0.05) is 24.9 Å². The average molecular weight is 608 g/mol. The Hall–Kier alpha value is -4.29. The Bertz CT molecular complexity index is 1610. The Morgan fingerprint density at radius 3 is 2.70 bits per heavy atom. The van der Waals surface area contributed by atoms with Crippen molar-refractivity contribution in [1.29, 1.82) is 0 Å². The average Bonchev–Trinajstić information content (AvgIpc) is 3.59. The molecule has 0 spiro atoms. The Kier molecular flexibility index (Phi) is 8.79. The van der Waals surface area contributed by atoms with Gasteiger partial charge in [0.15, 0.2) is 11.6 Å². The van der Waals surface area contributed by atoms with Crippen LogP contribution in [0.25, 0.3) is 17.0 Å². The predicted octanol–water partition coefficient (Wildman–Crippen LogP) is 4.19. The standard InChI is InChI=1S/C30H34ClN7O5/c1-5-6-20(40)15-43-21-7-8-23(31)22(11-21)27-35-26(25(17(3)32)18(4)39)16(2)28(36-27)37-13-19-12-33-29(34-24(19)14-37)38-9-10-42-30(38)41/h7-8,11-12,20,40H,5-6,9-10,13-15,32H2,1-4H3/t20-/m1/s1. The van der Waals surface area contributed by atoms with Crippen LogP contribution in [0.1, 0.15) is 56.1 Å². The second-order valence-electron chi connectivity index (χ2n) is 10.6. The highest BCUT2D eigenvalue weighted by molar-refractivity contribution is 6.33. The summed E-state index contributed by atoms with van der Waals surface area (Å²) in [6.45, 7) is 8.59. The van der Waals surface area contributed by atoms with Crippen molar-refractivity contribution in [2.24, 2.45) is 5.73 Å². The fourth-order valence-electron chi connectivity index (χ4n) is 5.18. The number of carbonyl (C=O) groups excluding carboxylic acids is 2. The van der Waals surface area contributed by atoms with Crippen molar-refractivity contribution in [2.75, 3.05) is 29.6 Å². The van der Waals surface area contributed by atoms with Crippen LogP contribution in [0.5, 0.6) is 5.75 Å². The lowest BCUT2D eigenvalue weighted by molar-refractivity contribution is -0.111. The number of rotatable bonds is 10. The van der Waals surface area contributed by atoms with Crippen LogP contribution in [0.15, 0.2) is 30.1 Å². The fourth-order valence-corrected chi connectivity index (χ4v) is 5.38. The van der Waals surface area contributed by atoms with Crippen LogP contribution in [0.2, 0.25) is 5.02 Å². The maximum Gasteiger partial charge on any atom is 0.416 e. The number of benzene rings is 1. The first-order valence-electron chi connectivity index (χ1n) is 14.1. The first-order chi connectivity index (χ1) is 20.6. The van der Waals surface area contributed by atoms with E-state index < -0.39 is 12.2 Å². The third-order valence-corrected chi connectivity index (χ3v) is 7.62. The van der Waals surface area contributed by atoms with Gasteiger partial charge >= 0.3 is 6.09 Å². The van der Waals surface area contributed by atoms with Crippen molar-refractivity contribution in [2.45, 2.75) is 59.7 Å². The molecule has 1 atom stereocenters. The molecule has 1 amide bonds. The molecule has 2 aliphatic rings. The van der Waals surface area contributed by atoms with Gasteiger partial charge in [-0.05, 0) is 45.4 Å². The molecule has 0 unspecified atom stereocenters. The van der Waals surface area contributed by atoms with Crippen molar-refractivity contribution < 1.29 is 24.2 Å². The number of aliphatic hydroxyl groups is 1. The van der Waals surface area contributed by atoms with Gasteiger partial charge in [0.2, 0.25) is 5.95 Å². The maximum absolute atomic E-state index is 12.8. The van der Waals surface area contributed by atoms with E-state index in [9.17, 15) is 14.7 Å². The molecule has 0 aliphatic carbocycles. The highest BCUT2D eigenvalue weighted by atomic mass is 35.5. The summed E-state index contributed by atoms with van der Waals surface area (Å²) in [4.78, 5) is 47.0. The summed E-state index contributed by atoms with van der Waals surface area (Å²) in [7, 11) is 0. The number of carbonyl (C=O) groups is 2. The number of ketones is 1. The number of nitrogens with two attached hydrogens (primary N) is 1. The molecule has 3 N–H and O–H groups in total. The summed E-state index contributed by atoms with van der Waals surface area (Å²) in [5.41, 5.74) is 10.0. The molecule has 226 valence electrons. The molecule has 1 aromatic carbocycles. The van der Waals surface area contributed by atoms with Crippen LogP contribution in [-0.4, -0.2) is 62.8 Å². The molecule has 0 saturated carbocycles. The lowest BCUT2D eigenvalue weighted by Gasteiger charge is -2.22. The highest BCUT2D eigenvalue weighted by Gasteiger charge is 2.31. The molecular formula is C30H34ClN7O5. The van der Waals surface area contributed by atoms with E-state index in [-0.39, 0.29) is 30.8 Å². The van der Waals surface area contributed by atoms with Crippen LogP contribution >= 0.6 is 11.6 Å². The van der Waals surface area contributed by atoms with E-state index in [1.165, 1.54) is 11.8 Å². The van der Waals surface area contributed by atoms with Gasteiger partial charge in [-0.2, -0.15) is 0 Å². The number of aromatic nitrogens is 4. The number of hydrogen-bond donors (Lipinski definition) is 2. The number of amides is 1. The molecule has 0 bridgehead atoms. The quantitative estimate of drug-likeness (QED) is 0.318. The lowest BCUT2D eigenvalue weighted by Crippen LogP contribution is -2.26. The maximum atomic E-state index is 12.8. The van der Waals surface area contributed by atoms with Gasteiger partial charge in [0.1, 0.15) is 24.8 Å². The highest BCUT2D eigenvalue weighted by Crippen LogP contribution is 2.37. The zero-order valence-electron chi connectivity index (χ0n) is 24.6. The number of ether oxygens (including phenoxy) is 2. The second kappa shape index (κ2) is 12.5. The van der Waals surface area contributed by atoms with E-state index in [1.54, 1.807) is 31.3 Å². The number of aliphatic hydroxyl groups excluding tert-OH is 1. The van der Waals surface area contributed by atoms with Crippen molar-refractivity contribution >= 4 is 40.8 Å². The Labute approximate surface area is 254 Å². The van der Waals surface area contributed by atoms with E-state index in [0.29, 0.717) is 70.7 Å². The topological polar surface area (TPSA) is 157 Å². The third kappa shape index (κ3) is 6.25. The molecule has 3 aromatic rings. The number of cyclic esters (lactones) is 1. The SMILES string of the molecule is CCC[C@@H](O)COc1ccc(Cl)c(-c2nc(C(C(C)=O)=C(C)N)c(C)c(N3Cc4cnc(N5CCOC5=O)nc4C3)n2)c1. The van der Waals surface area contributed by atoms with Gasteiger partial charge in [-0.25, -0.2) is 29.6 Å². The summed E-state index contributed by atoms with van der Waals surface area (Å²) in [6, 6.07) is 5.12. The van der Waals surface area contributed by atoms with Gasteiger partial charge < -0.3 is 25.2 Å². The molecule has 1 saturated heterocycles. The molecule has 2 aromatic heterocycles. The number of halogens is 1. The molecule has 2 aliphatic heterocycles. The Balaban J connectivity index is 1.56. The number of fused-ring (bicyclic) bond motifs is 1. The summed E-state index contributed by atoms with van der Waals surface area (Å²) in [5, 5.41) is 10.5. The zero-order valence-corrected chi connectivity index (χ0v) is 25.3. The first-order valence-corrected chi connectivity index (χ1v) is 14.5. The van der Waals surface area contributed by atoms with Crippen LogP contribution < -0.4 is 20.3 Å². The molecule has 43 heavy (non-hydrogen) atoms. The minimum Gasteiger partial charge on any atom is -0.491 e. The number of Topliss-reactive ketones (excluding diaryl/α,β-unsaturated/α-hetero) is 1. The number of anilines is 2. The number of allylic oxidation sites excluding steroid dienone is 2. The molecule has 0 radical (unpaired) electrons. The summed E-state index contributed by atoms with van der Waals surface area (Å²) in [6.07, 6.45) is 2.10. The van der Waals surface area contributed by atoms with Crippen molar-refractivity contribution in [3.8, 4) is 17.1 Å². The predicted molar refractivity (Wildman–Crippen MR) is 162 cm³/mol. The summed E-state index contributed by atoms with van der Waals surface area (Å²) < 4.78 is 10.9. The second-order valence-corrected chi connectivity index (χ2v) is 11.0. The molecule has 13 heteroatoms. The molecule has 12 nitrogen and oxygen atoms in total. The van der Waals surface area contributed by atoms with Crippen LogP contribution in [0, 0.1) is 6.92 Å². The minimum atomic E-state index is -0.592. The smallest absolute Gasteiger partial charge is 0.416 e. The Morgan fingerprint density at radius 2 is 2.02 bits per heavy atom. The fraction of sp³-hybridized carbons (Fsp3) is 0.400.